The molecule has 1 N–H and O–H groups in total. The lowest BCUT2D eigenvalue weighted by Gasteiger charge is -2.13. The molecule has 0 aromatic heterocycles. The summed E-state index contributed by atoms with van der Waals surface area (Å²) >= 11 is 0. The lowest BCUT2D eigenvalue weighted by molar-refractivity contribution is -0.151. The topological polar surface area (TPSA) is 46.5 Å². The maximum Gasteiger partial charge on any atom is 0.332 e. The summed E-state index contributed by atoms with van der Waals surface area (Å²) in [6.45, 7) is 5.09. The van der Waals surface area contributed by atoms with Crippen molar-refractivity contribution in [2.75, 3.05) is 6.61 Å². The molecule has 1 atom stereocenters. The van der Waals surface area contributed by atoms with Gasteiger partial charge in [0.15, 0.2) is 6.10 Å². The Balaban J connectivity index is 3.39. The highest BCUT2D eigenvalue weighted by molar-refractivity contribution is 5.72. The molecule has 0 saturated carbocycles. The minimum Gasteiger partial charge on any atom is -0.479 e. The van der Waals surface area contributed by atoms with Crippen molar-refractivity contribution in [2.24, 2.45) is 0 Å². The Hall–Kier alpha value is -0.570. The molecule has 1 unspecified atom stereocenters. The van der Waals surface area contributed by atoms with Gasteiger partial charge in [0, 0.05) is 6.61 Å². The van der Waals surface area contributed by atoms with Crippen molar-refractivity contribution in [3.05, 3.63) is 0 Å². The number of aliphatic carboxylic acids is 1. The Morgan fingerprint density at radius 2 is 0.931 bits per heavy atom. The first kappa shape index (κ1) is 28.4. The standard InChI is InChI=1S/C26H52O3/c1-3-5-7-9-11-12-13-14-15-16-17-18-19-21-23-25(26(27)28)29-24-22-20-10-8-6-4-2/h25H,3-24H2,1-2H3,(H,27,28). The van der Waals surface area contributed by atoms with E-state index < -0.39 is 12.1 Å². The molecule has 3 heteroatoms. The van der Waals surface area contributed by atoms with Crippen molar-refractivity contribution < 1.29 is 14.6 Å². The summed E-state index contributed by atoms with van der Waals surface area (Å²) in [6, 6.07) is 0. The summed E-state index contributed by atoms with van der Waals surface area (Å²) in [4.78, 5) is 11.3. The maximum absolute atomic E-state index is 11.3. The van der Waals surface area contributed by atoms with Crippen LogP contribution >= 0.6 is 0 Å². The van der Waals surface area contributed by atoms with Gasteiger partial charge in [-0.05, 0) is 12.8 Å². The minimum absolute atomic E-state index is 0.594. The van der Waals surface area contributed by atoms with Crippen molar-refractivity contribution in [1.29, 1.82) is 0 Å². The Morgan fingerprint density at radius 1 is 0.586 bits per heavy atom. The van der Waals surface area contributed by atoms with Crippen LogP contribution < -0.4 is 0 Å². The average molecular weight is 413 g/mol. The number of hydrogen-bond donors (Lipinski definition) is 1. The molecule has 0 aliphatic rings. The SMILES string of the molecule is CCCCCCCCCCCCCCCCC(OCCCCCCCC)C(=O)O. The van der Waals surface area contributed by atoms with Crippen molar-refractivity contribution >= 4 is 5.97 Å². The minimum atomic E-state index is -0.786. The van der Waals surface area contributed by atoms with Gasteiger partial charge in [0.2, 0.25) is 0 Å². The lowest BCUT2D eigenvalue weighted by atomic mass is 10.0. The predicted octanol–water partition coefficient (Wildman–Crippen LogP) is 8.69. The first-order chi connectivity index (χ1) is 14.2. The van der Waals surface area contributed by atoms with Crippen LogP contribution in [0.15, 0.2) is 0 Å². The zero-order valence-electron chi connectivity index (χ0n) is 19.9. The molecule has 3 nitrogen and oxygen atoms in total. The van der Waals surface area contributed by atoms with Crippen LogP contribution in [-0.4, -0.2) is 23.8 Å². The number of ether oxygens (including phenoxy) is 1. The summed E-state index contributed by atoms with van der Waals surface area (Å²) in [5, 5.41) is 9.32. The molecular formula is C26H52O3. The van der Waals surface area contributed by atoms with Gasteiger partial charge >= 0.3 is 5.97 Å². The molecule has 0 spiro atoms. The fourth-order valence-corrected chi connectivity index (χ4v) is 3.91. The highest BCUT2D eigenvalue weighted by Crippen LogP contribution is 2.15. The van der Waals surface area contributed by atoms with Crippen LogP contribution in [0, 0.1) is 0 Å². The van der Waals surface area contributed by atoms with Gasteiger partial charge in [-0.25, -0.2) is 4.79 Å². The molecule has 0 fully saturated rings. The van der Waals surface area contributed by atoms with Crippen LogP contribution in [0.3, 0.4) is 0 Å². The van der Waals surface area contributed by atoms with Crippen LogP contribution in [-0.2, 0) is 9.53 Å². The number of carbonyl (C=O) groups is 1. The summed E-state index contributed by atoms with van der Waals surface area (Å²) < 4.78 is 5.62. The lowest BCUT2D eigenvalue weighted by Crippen LogP contribution is -2.24. The zero-order valence-corrected chi connectivity index (χ0v) is 19.9. The quantitative estimate of drug-likeness (QED) is 0.161. The molecule has 0 saturated heterocycles. The van der Waals surface area contributed by atoms with E-state index in [4.69, 9.17) is 4.74 Å². The first-order valence-corrected chi connectivity index (χ1v) is 13.1. The number of rotatable bonds is 24. The monoisotopic (exact) mass is 412 g/mol. The Kier molecular flexibility index (Phi) is 23.2. The molecule has 174 valence electrons. The highest BCUT2D eigenvalue weighted by Gasteiger charge is 2.16. The average Bonchev–Trinajstić information content (AvgIpc) is 2.71. The molecule has 0 aromatic rings. The zero-order chi connectivity index (χ0) is 21.4. The second kappa shape index (κ2) is 23.7. The number of carboxylic acid groups (broad SMARTS) is 1. The first-order valence-electron chi connectivity index (χ1n) is 13.1. The number of carboxylic acids is 1. The fraction of sp³-hybridized carbons (Fsp3) is 0.962. The van der Waals surface area contributed by atoms with Gasteiger partial charge in [0.05, 0.1) is 0 Å². The smallest absolute Gasteiger partial charge is 0.332 e. The molecule has 0 bridgehead atoms. The van der Waals surface area contributed by atoms with E-state index in [1.165, 1.54) is 103 Å². The molecule has 0 amide bonds. The molecular weight excluding hydrogens is 360 g/mol. The van der Waals surface area contributed by atoms with Crippen molar-refractivity contribution in [3.8, 4) is 0 Å². The number of unbranched alkanes of at least 4 members (excludes halogenated alkanes) is 18. The maximum atomic E-state index is 11.3. The van der Waals surface area contributed by atoms with Gasteiger partial charge in [-0.15, -0.1) is 0 Å². The Bertz CT molecular complexity index is 330. The third kappa shape index (κ3) is 21.9. The van der Waals surface area contributed by atoms with Gasteiger partial charge in [-0.3, -0.25) is 0 Å². The van der Waals surface area contributed by atoms with Gasteiger partial charge in [-0.2, -0.15) is 0 Å². The van der Waals surface area contributed by atoms with E-state index in [9.17, 15) is 9.90 Å². The summed E-state index contributed by atoms with van der Waals surface area (Å²) in [5.41, 5.74) is 0. The molecule has 0 rings (SSSR count). The van der Waals surface area contributed by atoms with Gasteiger partial charge in [0.25, 0.3) is 0 Å². The van der Waals surface area contributed by atoms with Gasteiger partial charge in [0.1, 0.15) is 0 Å². The van der Waals surface area contributed by atoms with E-state index in [1.54, 1.807) is 0 Å². The van der Waals surface area contributed by atoms with Gasteiger partial charge < -0.3 is 9.84 Å². The van der Waals surface area contributed by atoms with Crippen LogP contribution in [0.25, 0.3) is 0 Å². The molecule has 0 aliphatic heterocycles. The van der Waals surface area contributed by atoms with E-state index in [1.807, 2.05) is 0 Å². The summed E-state index contributed by atoms with van der Waals surface area (Å²) in [5.74, 6) is -0.786. The summed E-state index contributed by atoms with van der Waals surface area (Å²) in [6.07, 6.45) is 25.9. The van der Waals surface area contributed by atoms with Crippen LogP contribution in [0.1, 0.15) is 149 Å². The normalized spacial score (nSPS) is 12.3. The van der Waals surface area contributed by atoms with E-state index >= 15 is 0 Å². The van der Waals surface area contributed by atoms with Crippen LogP contribution in [0.4, 0.5) is 0 Å². The molecule has 0 aliphatic carbocycles. The van der Waals surface area contributed by atoms with Crippen LogP contribution in [0.2, 0.25) is 0 Å². The molecule has 0 heterocycles. The highest BCUT2D eigenvalue weighted by atomic mass is 16.5. The molecule has 0 radical (unpaired) electrons. The van der Waals surface area contributed by atoms with Crippen molar-refractivity contribution in [2.45, 2.75) is 155 Å². The van der Waals surface area contributed by atoms with Crippen LogP contribution in [0.5, 0.6) is 0 Å². The molecule has 29 heavy (non-hydrogen) atoms. The second-order valence-corrected chi connectivity index (χ2v) is 8.85. The van der Waals surface area contributed by atoms with E-state index in [0.29, 0.717) is 13.0 Å². The summed E-state index contributed by atoms with van der Waals surface area (Å²) in [7, 11) is 0. The van der Waals surface area contributed by atoms with Crippen molar-refractivity contribution in [3.63, 3.8) is 0 Å². The van der Waals surface area contributed by atoms with Crippen molar-refractivity contribution in [1.82, 2.24) is 0 Å². The van der Waals surface area contributed by atoms with E-state index in [2.05, 4.69) is 13.8 Å². The largest absolute Gasteiger partial charge is 0.479 e. The fourth-order valence-electron chi connectivity index (χ4n) is 3.91. The number of hydrogen-bond acceptors (Lipinski definition) is 2. The van der Waals surface area contributed by atoms with E-state index in [-0.39, 0.29) is 0 Å². The van der Waals surface area contributed by atoms with Gasteiger partial charge in [-0.1, -0.05) is 136 Å². The Morgan fingerprint density at radius 3 is 1.31 bits per heavy atom. The molecule has 0 aromatic carbocycles. The third-order valence-corrected chi connectivity index (χ3v) is 5.91. The Labute approximate surface area is 182 Å². The second-order valence-electron chi connectivity index (χ2n) is 8.85. The third-order valence-electron chi connectivity index (χ3n) is 5.91. The predicted molar refractivity (Wildman–Crippen MR) is 126 cm³/mol. The van der Waals surface area contributed by atoms with E-state index in [0.717, 1.165) is 25.7 Å².